The number of hydrogen-bond acceptors (Lipinski definition) is 6. The Morgan fingerprint density at radius 2 is 1.81 bits per heavy atom. The van der Waals surface area contributed by atoms with Gasteiger partial charge < -0.3 is 20.6 Å². The van der Waals surface area contributed by atoms with Crippen molar-refractivity contribution in [2.75, 3.05) is 31.5 Å². The largest absolute Gasteiger partial charge is 0.389 e. The quantitative estimate of drug-likeness (QED) is 0.431. The maximum absolute atomic E-state index is 13.3. The highest BCUT2D eigenvalue weighted by molar-refractivity contribution is 7.89. The lowest BCUT2D eigenvalue weighted by atomic mass is 9.82. The molecule has 2 aliphatic rings. The van der Waals surface area contributed by atoms with Crippen LogP contribution in [0.2, 0.25) is 0 Å². The Balaban J connectivity index is 1.54. The summed E-state index contributed by atoms with van der Waals surface area (Å²) in [6, 6.07) is 11.0. The van der Waals surface area contributed by atoms with Gasteiger partial charge in [-0.05, 0) is 87.7 Å². The van der Waals surface area contributed by atoms with Gasteiger partial charge in [0.05, 0.1) is 22.6 Å². The average molecular weight is 515 g/mol. The van der Waals surface area contributed by atoms with Crippen molar-refractivity contribution in [2.24, 2.45) is 0 Å². The van der Waals surface area contributed by atoms with Crippen molar-refractivity contribution in [1.82, 2.24) is 14.9 Å². The van der Waals surface area contributed by atoms with Crippen LogP contribution in [0.3, 0.4) is 0 Å². The number of aliphatic hydroxyl groups is 1. The van der Waals surface area contributed by atoms with E-state index < -0.39 is 27.7 Å². The number of amides is 1. The number of carbonyl (C=O) groups excluding carboxylic acids is 1. The summed E-state index contributed by atoms with van der Waals surface area (Å²) in [5.74, 6) is -0.217. The minimum atomic E-state index is -3.91. The summed E-state index contributed by atoms with van der Waals surface area (Å²) in [6.45, 7) is 9.14. The van der Waals surface area contributed by atoms with Gasteiger partial charge in [0, 0.05) is 24.3 Å². The molecule has 0 aliphatic carbocycles. The lowest BCUT2D eigenvalue weighted by Crippen LogP contribution is -2.54. The molecule has 1 saturated heterocycles. The maximum atomic E-state index is 13.3. The monoisotopic (exact) mass is 514 g/mol. The van der Waals surface area contributed by atoms with Gasteiger partial charge in [-0.25, -0.2) is 13.1 Å². The highest BCUT2D eigenvalue weighted by Gasteiger charge is 2.43. The average Bonchev–Trinajstić information content (AvgIpc) is 2.87. The van der Waals surface area contributed by atoms with Crippen LogP contribution in [-0.4, -0.2) is 62.2 Å². The zero-order chi connectivity index (χ0) is 25.9. The van der Waals surface area contributed by atoms with Crippen LogP contribution >= 0.6 is 0 Å². The number of likely N-dealkylation sites (tertiary alicyclic amines) is 1. The standard InChI is InChI=1S/C27H38N4O4S/c1-4-19-8-11-21(12-9-19)36(34,35)30-24-22-18-20(10-13-23(22)29-27(2,3)25(24)32)26(33)28-14-17-31-15-6-5-7-16-31/h8-13,18,24-25,29-30,32H,4-7,14-17H2,1-3H3,(H,28,33)/t24-,25+/m1/s1. The highest BCUT2D eigenvalue weighted by Crippen LogP contribution is 2.39. The molecule has 0 spiro atoms. The molecule has 0 aromatic heterocycles. The molecule has 4 N–H and O–H groups in total. The number of aliphatic hydroxyl groups excluding tert-OH is 1. The molecule has 0 unspecified atom stereocenters. The van der Waals surface area contributed by atoms with Gasteiger partial charge in [-0.1, -0.05) is 25.5 Å². The van der Waals surface area contributed by atoms with Gasteiger partial charge in [0.15, 0.2) is 0 Å². The zero-order valence-corrected chi connectivity index (χ0v) is 22.2. The predicted octanol–water partition coefficient (Wildman–Crippen LogP) is 3.05. The van der Waals surface area contributed by atoms with Crippen LogP contribution in [0.25, 0.3) is 0 Å². The molecule has 2 heterocycles. The second-order valence-corrected chi connectivity index (χ2v) is 12.1. The first kappa shape index (κ1) is 26.6. The lowest BCUT2D eigenvalue weighted by Gasteiger charge is -2.43. The molecule has 2 atom stereocenters. The number of carbonyl (C=O) groups is 1. The van der Waals surface area contributed by atoms with E-state index in [-0.39, 0.29) is 10.8 Å². The highest BCUT2D eigenvalue weighted by atomic mass is 32.2. The summed E-state index contributed by atoms with van der Waals surface area (Å²) in [5, 5.41) is 17.4. The molecule has 0 saturated carbocycles. The second-order valence-electron chi connectivity index (χ2n) is 10.3. The predicted molar refractivity (Wildman–Crippen MR) is 142 cm³/mol. The molecule has 2 aromatic carbocycles. The first-order chi connectivity index (χ1) is 17.1. The van der Waals surface area contributed by atoms with Crippen molar-refractivity contribution < 1.29 is 18.3 Å². The molecule has 9 heteroatoms. The third kappa shape index (κ3) is 5.91. The van der Waals surface area contributed by atoms with E-state index in [0.29, 0.717) is 23.4 Å². The Morgan fingerprint density at radius 1 is 1.11 bits per heavy atom. The van der Waals surface area contributed by atoms with Gasteiger partial charge in [-0.15, -0.1) is 0 Å². The van der Waals surface area contributed by atoms with Crippen LogP contribution in [-0.2, 0) is 16.4 Å². The number of aryl methyl sites for hydroxylation is 1. The molecule has 4 rings (SSSR count). The molecule has 8 nitrogen and oxygen atoms in total. The molecule has 0 bridgehead atoms. The molecular weight excluding hydrogens is 476 g/mol. The minimum absolute atomic E-state index is 0.136. The lowest BCUT2D eigenvalue weighted by molar-refractivity contribution is 0.0769. The first-order valence-electron chi connectivity index (χ1n) is 12.8. The molecular formula is C27H38N4O4S. The SMILES string of the molecule is CCc1ccc(S(=O)(=O)N[C@@H]2c3cc(C(=O)NCCN4CCCCC4)ccc3NC(C)(C)[C@H]2O)cc1. The second kappa shape index (κ2) is 10.9. The Kier molecular flexibility index (Phi) is 8.04. The van der Waals surface area contributed by atoms with E-state index in [0.717, 1.165) is 31.6 Å². The van der Waals surface area contributed by atoms with E-state index in [1.807, 2.05) is 20.8 Å². The number of piperidine rings is 1. The van der Waals surface area contributed by atoms with E-state index in [1.165, 1.54) is 19.3 Å². The number of sulfonamides is 1. The number of nitrogens with zero attached hydrogens (tertiary/aromatic N) is 1. The van der Waals surface area contributed by atoms with Gasteiger partial charge >= 0.3 is 0 Å². The van der Waals surface area contributed by atoms with Crippen molar-refractivity contribution in [2.45, 2.75) is 69.0 Å². The molecule has 2 aliphatic heterocycles. The summed E-state index contributed by atoms with van der Waals surface area (Å²) < 4.78 is 29.2. The Hall–Kier alpha value is -2.46. The van der Waals surface area contributed by atoms with Crippen molar-refractivity contribution in [1.29, 1.82) is 0 Å². The third-order valence-electron chi connectivity index (χ3n) is 7.25. The fraction of sp³-hybridized carbons (Fsp3) is 0.519. The number of benzene rings is 2. The fourth-order valence-electron chi connectivity index (χ4n) is 4.96. The van der Waals surface area contributed by atoms with E-state index in [2.05, 4.69) is 20.3 Å². The number of hydrogen-bond donors (Lipinski definition) is 4. The molecule has 196 valence electrons. The number of rotatable bonds is 8. The molecule has 1 fully saturated rings. The van der Waals surface area contributed by atoms with E-state index >= 15 is 0 Å². The summed E-state index contributed by atoms with van der Waals surface area (Å²) in [6.07, 6.45) is 3.41. The first-order valence-corrected chi connectivity index (χ1v) is 14.3. The van der Waals surface area contributed by atoms with Crippen LogP contribution in [0.1, 0.15) is 67.6 Å². The molecule has 2 aromatic rings. The molecule has 36 heavy (non-hydrogen) atoms. The summed E-state index contributed by atoms with van der Waals surface area (Å²) in [7, 11) is -3.91. The molecule has 1 amide bonds. The molecule has 0 radical (unpaired) electrons. The third-order valence-corrected chi connectivity index (χ3v) is 8.70. The summed E-state index contributed by atoms with van der Waals surface area (Å²) in [5.41, 5.74) is 1.91. The normalized spacial score (nSPS) is 21.9. The Labute approximate surface area is 214 Å². The van der Waals surface area contributed by atoms with Crippen molar-refractivity contribution in [3.8, 4) is 0 Å². The number of fused-ring (bicyclic) bond motifs is 1. The van der Waals surface area contributed by atoms with Gasteiger partial charge in [0.2, 0.25) is 10.0 Å². The van der Waals surface area contributed by atoms with E-state index in [1.54, 1.807) is 42.5 Å². The van der Waals surface area contributed by atoms with Crippen molar-refractivity contribution in [3.63, 3.8) is 0 Å². The topological polar surface area (TPSA) is 111 Å². The van der Waals surface area contributed by atoms with Gasteiger partial charge in [-0.3, -0.25) is 4.79 Å². The minimum Gasteiger partial charge on any atom is -0.389 e. The van der Waals surface area contributed by atoms with E-state index in [9.17, 15) is 18.3 Å². The van der Waals surface area contributed by atoms with Gasteiger partial charge in [0.1, 0.15) is 0 Å². The van der Waals surface area contributed by atoms with Crippen LogP contribution in [0, 0.1) is 0 Å². The van der Waals surface area contributed by atoms with Crippen LogP contribution < -0.4 is 15.4 Å². The smallest absolute Gasteiger partial charge is 0.251 e. The van der Waals surface area contributed by atoms with Crippen LogP contribution in [0.5, 0.6) is 0 Å². The van der Waals surface area contributed by atoms with Crippen molar-refractivity contribution >= 4 is 21.6 Å². The van der Waals surface area contributed by atoms with E-state index in [4.69, 9.17) is 0 Å². The summed E-state index contributed by atoms with van der Waals surface area (Å²) >= 11 is 0. The Bertz CT molecular complexity index is 1170. The van der Waals surface area contributed by atoms with Gasteiger partial charge in [-0.2, -0.15) is 0 Å². The fourth-order valence-corrected chi connectivity index (χ4v) is 6.18. The maximum Gasteiger partial charge on any atom is 0.251 e. The number of anilines is 1. The van der Waals surface area contributed by atoms with Crippen LogP contribution in [0.4, 0.5) is 5.69 Å². The van der Waals surface area contributed by atoms with Crippen molar-refractivity contribution in [3.05, 3.63) is 59.2 Å². The summed E-state index contributed by atoms with van der Waals surface area (Å²) in [4.78, 5) is 15.4. The van der Waals surface area contributed by atoms with Gasteiger partial charge in [0.25, 0.3) is 5.91 Å². The van der Waals surface area contributed by atoms with Crippen LogP contribution in [0.15, 0.2) is 47.4 Å². The number of nitrogens with one attached hydrogen (secondary N) is 3. The Morgan fingerprint density at radius 3 is 2.47 bits per heavy atom. The zero-order valence-electron chi connectivity index (χ0n) is 21.4.